The molecule has 0 aliphatic heterocycles. The Hall–Kier alpha value is -3.22. The lowest BCUT2D eigenvalue weighted by Crippen LogP contribution is -2.22. The van der Waals surface area contributed by atoms with Crippen molar-refractivity contribution < 1.29 is 9.21 Å². The maximum atomic E-state index is 12.1. The second-order valence-corrected chi connectivity index (χ2v) is 4.16. The van der Waals surface area contributed by atoms with Crippen molar-refractivity contribution >= 4 is 22.9 Å². The van der Waals surface area contributed by atoms with Gasteiger partial charge in [0.15, 0.2) is 5.69 Å². The highest BCUT2D eigenvalue weighted by atomic mass is 16.3. The van der Waals surface area contributed by atoms with E-state index in [0.29, 0.717) is 16.5 Å². The van der Waals surface area contributed by atoms with E-state index in [1.807, 2.05) is 0 Å². The molecule has 0 aliphatic rings. The van der Waals surface area contributed by atoms with Crippen molar-refractivity contribution in [1.82, 2.24) is 15.6 Å². The van der Waals surface area contributed by atoms with Crippen molar-refractivity contribution in [2.45, 2.75) is 0 Å². The molecular formula is C14H10N4O3. The minimum Gasteiger partial charge on any atom is -0.463 e. The summed E-state index contributed by atoms with van der Waals surface area (Å²) in [5.74, 6) is -0.0140. The first-order valence-electron chi connectivity index (χ1n) is 6.10. The Kier molecular flexibility index (Phi) is 3.30. The van der Waals surface area contributed by atoms with Crippen LogP contribution in [0.15, 0.2) is 57.0 Å². The zero-order valence-corrected chi connectivity index (χ0v) is 10.7. The quantitative estimate of drug-likeness (QED) is 0.558. The van der Waals surface area contributed by atoms with E-state index in [2.05, 4.69) is 20.7 Å². The molecule has 0 radical (unpaired) electrons. The SMILES string of the molecule is O=C(N/N=C\c1ccco1)c1n[nH]c(=O)c2ccccc12. The number of nitrogens with zero attached hydrogens (tertiary/aromatic N) is 2. The number of fused-ring (bicyclic) bond motifs is 1. The van der Waals surface area contributed by atoms with E-state index < -0.39 is 5.91 Å². The molecule has 0 aliphatic carbocycles. The van der Waals surface area contributed by atoms with Gasteiger partial charge in [0.05, 0.1) is 17.9 Å². The van der Waals surface area contributed by atoms with Gasteiger partial charge in [-0.25, -0.2) is 10.5 Å². The highest BCUT2D eigenvalue weighted by molar-refractivity contribution is 6.04. The first-order chi connectivity index (χ1) is 10.3. The molecule has 2 aromatic heterocycles. The number of nitrogens with one attached hydrogen (secondary N) is 2. The lowest BCUT2D eigenvalue weighted by atomic mass is 10.1. The molecule has 104 valence electrons. The molecule has 0 spiro atoms. The summed E-state index contributed by atoms with van der Waals surface area (Å²) in [4.78, 5) is 23.7. The number of hydrogen-bond acceptors (Lipinski definition) is 5. The van der Waals surface area contributed by atoms with Crippen molar-refractivity contribution in [2.75, 3.05) is 0 Å². The van der Waals surface area contributed by atoms with Crippen LogP contribution in [0.2, 0.25) is 0 Å². The van der Waals surface area contributed by atoms with Gasteiger partial charge in [0, 0.05) is 5.39 Å². The summed E-state index contributed by atoms with van der Waals surface area (Å²) in [7, 11) is 0. The first-order valence-corrected chi connectivity index (χ1v) is 6.10. The van der Waals surface area contributed by atoms with E-state index in [9.17, 15) is 9.59 Å². The number of carbonyl (C=O) groups excluding carboxylic acids is 1. The van der Waals surface area contributed by atoms with E-state index in [1.165, 1.54) is 12.5 Å². The minimum atomic E-state index is -0.523. The van der Waals surface area contributed by atoms with Crippen LogP contribution in [0, 0.1) is 0 Å². The van der Waals surface area contributed by atoms with Crippen LogP contribution in [0.25, 0.3) is 10.8 Å². The molecule has 3 aromatic rings. The molecule has 0 bridgehead atoms. The largest absolute Gasteiger partial charge is 0.463 e. The molecule has 3 rings (SSSR count). The second-order valence-electron chi connectivity index (χ2n) is 4.16. The number of aromatic amines is 1. The normalized spacial score (nSPS) is 11.0. The summed E-state index contributed by atoms with van der Waals surface area (Å²) in [6.45, 7) is 0. The van der Waals surface area contributed by atoms with Gasteiger partial charge in [-0.2, -0.15) is 10.2 Å². The van der Waals surface area contributed by atoms with Gasteiger partial charge >= 0.3 is 0 Å². The molecule has 0 saturated heterocycles. The molecule has 0 fully saturated rings. The average Bonchev–Trinajstić information content (AvgIpc) is 3.01. The Morgan fingerprint density at radius 2 is 2.05 bits per heavy atom. The third kappa shape index (κ3) is 2.57. The molecule has 2 heterocycles. The third-order valence-corrected chi connectivity index (χ3v) is 2.81. The lowest BCUT2D eigenvalue weighted by Gasteiger charge is -2.02. The van der Waals surface area contributed by atoms with Gasteiger partial charge in [0.1, 0.15) is 5.76 Å². The lowest BCUT2D eigenvalue weighted by molar-refractivity contribution is 0.0951. The van der Waals surface area contributed by atoms with Crippen LogP contribution in [0.4, 0.5) is 0 Å². The molecule has 7 heteroatoms. The van der Waals surface area contributed by atoms with Gasteiger partial charge < -0.3 is 4.42 Å². The van der Waals surface area contributed by atoms with Gasteiger partial charge in [-0.3, -0.25) is 9.59 Å². The number of hydrogen-bond donors (Lipinski definition) is 2. The van der Waals surface area contributed by atoms with E-state index >= 15 is 0 Å². The van der Waals surface area contributed by atoms with Crippen molar-refractivity contribution in [3.63, 3.8) is 0 Å². The summed E-state index contributed by atoms with van der Waals surface area (Å²) in [5, 5.41) is 10.7. The van der Waals surface area contributed by atoms with Crippen molar-refractivity contribution in [3.05, 3.63) is 64.5 Å². The van der Waals surface area contributed by atoms with E-state index in [0.717, 1.165) is 0 Å². The highest BCUT2D eigenvalue weighted by Crippen LogP contribution is 2.11. The van der Waals surface area contributed by atoms with Crippen molar-refractivity contribution in [2.24, 2.45) is 5.10 Å². The molecule has 2 N–H and O–H groups in total. The topological polar surface area (TPSA) is 100 Å². The Labute approximate surface area is 118 Å². The van der Waals surface area contributed by atoms with Crippen LogP contribution >= 0.6 is 0 Å². The highest BCUT2D eigenvalue weighted by Gasteiger charge is 2.12. The molecule has 0 atom stereocenters. The number of rotatable bonds is 3. The average molecular weight is 282 g/mol. The van der Waals surface area contributed by atoms with Crippen LogP contribution in [0.3, 0.4) is 0 Å². The van der Waals surface area contributed by atoms with Crippen LogP contribution in [0.1, 0.15) is 16.2 Å². The summed E-state index contributed by atoms with van der Waals surface area (Å²) < 4.78 is 5.04. The van der Waals surface area contributed by atoms with Crippen molar-refractivity contribution in [1.29, 1.82) is 0 Å². The standard InChI is InChI=1S/C14H10N4O3/c19-13-11-6-2-1-5-10(11)12(16-18-13)14(20)17-15-8-9-4-3-7-21-9/h1-8H,(H,17,20)(H,18,19)/b15-8-. The fourth-order valence-electron chi connectivity index (χ4n) is 1.86. The molecule has 0 saturated carbocycles. The number of hydrazone groups is 1. The number of amides is 1. The maximum absolute atomic E-state index is 12.1. The number of aromatic nitrogens is 2. The molecule has 0 unspecified atom stereocenters. The first kappa shape index (κ1) is 12.8. The zero-order valence-electron chi connectivity index (χ0n) is 10.7. The van der Waals surface area contributed by atoms with Crippen LogP contribution in [0.5, 0.6) is 0 Å². The Bertz CT molecular complexity index is 865. The van der Waals surface area contributed by atoms with Gasteiger partial charge in [0.25, 0.3) is 11.5 Å². The third-order valence-electron chi connectivity index (χ3n) is 2.81. The fourth-order valence-corrected chi connectivity index (χ4v) is 1.86. The number of furan rings is 1. The minimum absolute atomic E-state index is 0.0989. The van der Waals surface area contributed by atoms with Gasteiger partial charge in [-0.15, -0.1) is 0 Å². The Morgan fingerprint density at radius 3 is 2.81 bits per heavy atom. The summed E-state index contributed by atoms with van der Waals surface area (Å²) in [6, 6.07) is 10.1. The monoisotopic (exact) mass is 282 g/mol. The molecule has 7 nitrogen and oxygen atoms in total. The molecule has 21 heavy (non-hydrogen) atoms. The van der Waals surface area contributed by atoms with E-state index in [1.54, 1.807) is 36.4 Å². The smallest absolute Gasteiger partial charge is 0.292 e. The summed E-state index contributed by atoms with van der Waals surface area (Å²) in [5.41, 5.74) is 2.09. The summed E-state index contributed by atoms with van der Waals surface area (Å²) >= 11 is 0. The summed E-state index contributed by atoms with van der Waals surface area (Å²) in [6.07, 6.45) is 2.87. The number of benzene rings is 1. The van der Waals surface area contributed by atoms with Gasteiger partial charge in [-0.05, 0) is 18.2 Å². The van der Waals surface area contributed by atoms with Gasteiger partial charge in [-0.1, -0.05) is 18.2 Å². The van der Waals surface area contributed by atoms with E-state index in [-0.39, 0.29) is 11.3 Å². The number of carbonyl (C=O) groups is 1. The Balaban J connectivity index is 1.88. The molecule has 1 aromatic carbocycles. The zero-order chi connectivity index (χ0) is 14.7. The number of H-pyrrole nitrogens is 1. The van der Waals surface area contributed by atoms with Crippen molar-refractivity contribution in [3.8, 4) is 0 Å². The van der Waals surface area contributed by atoms with E-state index in [4.69, 9.17) is 4.42 Å². The second kappa shape index (κ2) is 5.41. The maximum Gasteiger partial charge on any atom is 0.292 e. The van der Waals surface area contributed by atoms with Crippen LogP contribution in [-0.4, -0.2) is 22.3 Å². The van der Waals surface area contributed by atoms with Crippen LogP contribution < -0.4 is 11.0 Å². The predicted octanol–water partition coefficient (Wildman–Crippen LogP) is 1.28. The Morgan fingerprint density at radius 1 is 1.24 bits per heavy atom. The fraction of sp³-hybridized carbons (Fsp3) is 0. The van der Waals surface area contributed by atoms with Crippen LogP contribution in [-0.2, 0) is 0 Å². The molecule has 1 amide bonds. The molecular weight excluding hydrogens is 272 g/mol. The predicted molar refractivity (Wildman–Crippen MR) is 76.1 cm³/mol. The van der Waals surface area contributed by atoms with Gasteiger partial charge in [0.2, 0.25) is 0 Å².